The number of ether oxygens (including phenoxy) is 1. The van der Waals surface area contributed by atoms with Crippen molar-refractivity contribution in [2.75, 3.05) is 11.4 Å². The summed E-state index contributed by atoms with van der Waals surface area (Å²) in [6.07, 6.45) is 1.14. The molecular weight excluding hydrogens is 397 g/mol. The third kappa shape index (κ3) is 4.50. The number of nitrogens with zero attached hydrogens (tertiary/aromatic N) is 1. The Morgan fingerprint density at radius 1 is 1.21 bits per heavy atom. The van der Waals surface area contributed by atoms with Crippen LogP contribution < -0.4 is 4.90 Å². The lowest BCUT2D eigenvalue weighted by Crippen LogP contribution is -2.27. The van der Waals surface area contributed by atoms with Crippen molar-refractivity contribution in [1.29, 1.82) is 0 Å². The second-order valence-corrected chi connectivity index (χ2v) is 7.94. The van der Waals surface area contributed by atoms with E-state index in [1.54, 1.807) is 23.1 Å². The molecule has 0 saturated carbocycles. The van der Waals surface area contributed by atoms with E-state index < -0.39 is 5.92 Å². The molecule has 1 aliphatic heterocycles. The van der Waals surface area contributed by atoms with E-state index in [4.69, 9.17) is 27.9 Å². The summed E-state index contributed by atoms with van der Waals surface area (Å²) >= 11 is 11.9. The fourth-order valence-corrected chi connectivity index (χ4v) is 3.69. The number of rotatable bonds is 6. The first kappa shape index (κ1) is 20.7. The van der Waals surface area contributed by atoms with Crippen molar-refractivity contribution >= 4 is 40.8 Å². The van der Waals surface area contributed by atoms with Crippen molar-refractivity contribution in [2.45, 2.75) is 39.2 Å². The summed E-state index contributed by atoms with van der Waals surface area (Å²) in [4.78, 5) is 26.8. The maximum absolute atomic E-state index is 12.6. The number of carbonyl (C=O) groups is 2. The van der Waals surface area contributed by atoms with E-state index in [1.165, 1.54) is 0 Å². The average Bonchev–Trinajstić information content (AvgIpc) is 3.09. The molecule has 0 radical (unpaired) electrons. The van der Waals surface area contributed by atoms with Crippen LogP contribution in [0.3, 0.4) is 0 Å². The summed E-state index contributed by atoms with van der Waals surface area (Å²) < 4.78 is 5.42. The van der Waals surface area contributed by atoms with Gasteiger partial charge in [-0.15, -0.1) is 0 Å². The van der Waals surface area contributed by atoms with Crippen molar-refractivity contribution in [1.82, 2.24) is 0 Å². The van der Waals surface area contributed by atoms with E-state index in [9.17, 15) is 9.59 Å². The first-order chi connectivity index (χ1) is 13.4. The van der Waals surface area contributed by atoms with Crippen molar-refractivity contribution < 1.29 is 14.3 Å². The Bertz CT molecular complexity index is 884. The van der Waals surface area contributed by atoms with Gasteiger partial charge < -0.3 is 9.64 Å². The molecule has 1 amide bonds. The van der Waals surface area contributed by atoms with Gasteiger partial charge in [0.15, 0.2) is 0 Å². The van der Waals surface area contributed by atoms with Gasteiger partial charge in [-0.2, -0.15) is 0 Å². The highest BCUT2D eigenvalue weighted by molar-refractivity contribution is 6.42. The minimum Gasteiger partial charge on any atom is -0.461 e. The molecule has 6 heteroatoms. The zero-order valence-corrected chi connectivity index (χ0v) is 17.5. The van der Waals surface area contributed by atoms with Gasteiger partial charge in [-0.25, -0.2) is 0 Å². The van der Waals surface area contributed by atoms with Gasteiger partial charge in [-0.05, 0) is 41.7 Å². The Morgan fingerprint density at radius 3 is 2.68 bits per heavy atom. The van der Waals surface area contributed by atoms with Gasteiger partial charge >= 0.3 is 5.97 Å². The monoisotopic (exact) mass is 419 g/mol. The van der Waals surface area contributed by atoms with Gasteiger partial charge in [0, 0.05) is 18.7 Å². The third-order valence-electron chi connectivity index (χ3n) is 5.19. The molecule has 2 aromatic rings. The topological polar surface area (TPSA) is 46.6 Å². The molecule has 3 rings (SSSR count). The number of anilines is 1. The molecule has 4 nitrogen and oxygen atoms in total. The van der Waals surface area contributed by atoms with Crippen LogP contribution in [-0.4, -0.2) is 18.4 Å². The zero-order chi connectivity index (χ0) is 20.3. The zero-order valence-electron chi connectivity index (χ0n) is 16.0. The maximum atomic E-state index is 12.6. The second kappa shape index (κ2) is 8.97. The SMILES string of the molecule is CC[C@H](C)c1ccccc1N1C[C@H](C(=O)OCc2ccc(Cl)c(Cl)c2)CC1=O. The second-order valence-electron chi connectivity index (χ2n) is 7.13. The molecule has 1 heterocycles. The lowest BCUT2D eigenvalue weighted by atomic mass is 9.96. The van der Waals surface area contributed by atoms with Gasteiger partial charge in [-0.1, -0.05) is 61.3 Å². The van der Waals surface area contributed by atoms with E-state index in [0.29, 0.717) is 22.5 Å². The number of benzene rings is 2. The molecule has 0 aliphatic carbocycles. The largest absolute Gasteiger partial charge is 0.461 e. The van der Waals surface area contributed by atoms with E-state index in [1.807, 2.05) is 24.3 Å². The van der Waals surface area contributed by atoms with Gasteiger partial charge in [0.1, 0.15) is 6.61 Å². The molecule has 148 valence electrons. The average molecular weight is 420 g/mol. The van der Waals surface area contributed by atoms with Crippen LogP contribution in [0.15, 0.2) is 42.5 Å². The van der Waals surface area contributed by atoms with Crippen LogP contribution >= 0.6 is 23.2 Å². The van der Waals surface area contributed by atoms with Gasteiger partial charge in [0.05, 0.1) is 16.0 Å². The van der Waals surface area contributed by atoms with Crippen LogP contribution in [0, 0.1) is 5.92 Å². The quantitative estimate of drug-likeness (QED) is 0.572. The van der Waals surface area contributed by atoms with E-state index in [-0.39, 0.29) is 24.9 Å². The molecule has 1 saturated heterocycles. The normalized spacial score (nSPS) is 17.6. The first-order valence-electron chi connectivity index (χ1n) is 9.40. The van der Waals surface area contributed by atoms with Crippen LogP contribution in [0.5, 0.6) is 0 Å². The van der Waals surface area contributed by atoms with Crippen molar-refractivity contribution in [3.8, 4) is 0 Å². The highest BCUT2D eigenvalue weighted by atomic mass is 35.5. The Morgan fingerprint density at radius 2 is 1.96 bits per heavy atom. The van der Waals surface area contributed by atoms with Crippen molar-refractivity contribution in [2.24, 2.45) is 5.92 Å². The molecule has 28 heavy (non-hydrogen) atoms. The lowest BCUT2D eigenvalue weighted by molar-refractivity contribution is -0.149. The molecule has 0 aromatic heterocycles. The standard InChI is InChI=1S/C22H23Cl2NO3/c1-3-14(2)17-6-4-5-7-20(17)25-12-16(11-21(25)26)22(27)28-13-15-8-9-18(23)19(24)10-15/h4-10,14,16H,3,11-13H2,1-2H3/t14-,16+/m0/s1. The molecule has 0 N–H and O–H groups in total. The number of hydrogen-bond acceptors (Lipinski definition) is 3. The highest BCUT2D eigenvalue weighted by Gasteiger charge is 2.37. The Balaban J connectivity index is 1.67. The van der Waals surface area contributed by atoms with E-state index in [2.05, 4.69) is 13.8 Å². The summed E-state index contributed by atoms with van der Waals surface area (Å²) in [7, 11) is 0. The number of halogens is 2. The minimum atomic E-state index is -0.472. The van der Waals surface area contributed by atoms with Gasteiger partial charge in [0.2, 0.25) is 5.91 Å². The molecule has 2 atom stereocenters. The molecule has 2 aromatic carbocycles. The summed E-state index contributed by atoms with van der Waals surface area (Å²) in [6, 6.07) is 13.0. The van der Waals surface area contributed by atoms with Crippen molar-refractivity contribution in [3.63, 3.8) is 0 Å². The highest BCUT2D eigenvalue weighted by Crippen LogP contribution is 2.34. The fourth-order valence-electron chi connectivity index (χ4n) is 3.37. The van der Waals surface area contributed by atoms with Crippen LogP contribution in [0.4, 0.5) is 5.69 Å². The summed E-state index contributed by atoms with van der Waals surface area (Å²) in [6.45, 7) is 4.70. The fraction of sp³-hybridized carbons (Fsp3) is 0.364. The molecule has 0 unspecified atom stereocenters. The number of hydrogen-bond donors (Lipinski definition) is 0. The Kier molecular flexibility index (Phi) is 6.63. The number of amides is 1. The maximum Gasteiger partial charge on any atom is 0.311 e. The van der Waals surface area contributed by atoms with Crippen LogP contribution in [0.2, 0.25) is 10.0 Å². The summed E-state index contributed by atoms with van der Waals surface area (Å²) in [5.74, 6) is -0.555. The predicted octanol–water partition coefficient (Wildman–Crippen LogP) is 5.60. The lowest BCUT2D eigenvalue weighted by Gasteiger charge is -2.23. The van der Waals surface area contributed by atoms with Gasteiger partial charge in [0.25, 0.3) is 0 Å². The van der Waals surface area contributed by atoms with E-state index >= 15 is 0 Å². The van der Waals surface area contributed by atoms with Gasteiger partial charge in [-0.3, -0.25) is 9.59 Å². The van der Waals surface area contributed by atoms with Crippen LogP contribution in [0.25, 0.3) is 0 Å². The summed E-state index contributed by atoms with van der Waals surface area (Å²) in [5.41, 5.74) is 2.77. The Hall–Kier alpha value is -2.04. The smallest absolute Gasteiger partial charge is 0.311 e. The molecule has 1 fully saturated rings. The van der Waals surface area contributed by atoms with Crippen molar-refractivity contribution in [3.05, 3.63) is 63.6 Å². The molecular formula is C22H23Cl2NO3. The summed E-state index contributed by atoms with van der Waals surface area (Å²) in [5, 5.41) is 0.868. The first-order valence-corrected chi connectivity index (χ1v) is 10.2. The molecule has 0 spiro atoms. The Labute approximate surface area is 175 Å². The predicted molar refractivity (Wildman–Crippen MR) is 112 cm³/mol. The van der Waals surface area contributed by atoms with Crippen LogP contribution in [-0.2, 0) is 20.9 Å². The van der Waals surface area contributed by atoms with E-state index in [0.717, 1.165) is 23.2 Å². The minimum absolute atomic E-state index is 0.0489. The number of esters is 1. The third-order valence-corrected chi connectivity index (χ3v) is 5.93. The van der Waals surface area contributed by atoms with Crippen LogP contribution in [0.1, 0.15) is 43.7 Å². The molecule has 0 bridgehead atoms. The molecule has 1 aliphatic rings. The number of carbonyl (C=O) groups excluding carboxylic acids is 2. The number of para-hydroxylation sites is 1.